The van der Waals surface area contributed by atoms with E-state index in [1.165, 1.54) is 0 Å². The highest BCUT2D eigenvalue weighted by Crippen LogP contribution is 2.33. The van der Waals surface area contributed by atoms with E-state index in [0.29, 0.717) is 23.6 Å². The first kappa shape index (κ1) is 11.0. The molecular formula is C11H20N2O2S. The summed E-state index contributed by atoms with van der Waals surface area (Å²) in [5.74, 6) is 1.42. The summed E-state index contributed by atoms with van der Waals surface area (Å²) in [5.41, 5.74) is 0. The van der Waals surface area contributed by atoms with Crippen molar-refractivity contribution in [2.45, 2.75) is 31.7 Å². The molecule has 3 aliphatic rings. The molecule has 4 nitrogen and oxygen atoms in total. The lowest BCUT2D eigenvalue weighted by Gasteiger charge is -2.34. The van der Waals surface area contributed by atoms with Gasteiger partial charge >= 0.3 is 0 Å². The average molecular weight is 244 g/mol. The van der Waals surface area contributed by atoms with Crippen LogP contribution in [0.5, 0.6) is 0 Å². The Bertz CT molecular complexity index is 364. The number of nitrogens with one attached hydrogen (secondary N) is 1. The van der Waals surface area contributed by atoms with Gasteiger partial charge in [-0.05, 0) is 44.1 Å². The highest BCUT2D eigenvalue weighted by Gasteiger charge is 2.39. The Labute approximate surface area is 97.4 Å². The molecule has 0 aromatic heterocycles. The van der Waals surface area contributed by atoms with E-state index in [9.17, 15) is 8.42 Å². The van der Waals surface area contributed by atoms with E-state index in [4.69, 9.17) is 0 Å². The van der Waals surface area contributed by atoms with Crippen molar-refractivity contribution in [3.8, 4) is 0 Å². The molecule has 0 aromatic carbocycles. The van der Waals surface area contributed by atoms with Crippen molar-refractivity contribution in [3.05, 3.63) is 0 Å². The molecule has 2 heterocycles. The molecule has 3 fully saturated rings. The Kier molecular flexibility index (Phi) is 2.72. The molecule has 1 N–H and O–H groups in total. The Hall–Kier alpha value is -0.130. The van der Waals surface area contributed by atoms with Gasteiger partial charge in [0.2, 0.25) is 10.0 Å². The first-order valence-electron chi connectivity index (χ1n) is 6.36. The van der Waals surface area contributed by atoms with Gasteiger partial charge in [-0.15, -0.1) is 0 Å². The van der Waals surface area contributed by atoms with Crippen LogP contribution in [0.1, 0.15) is 25.7 Å². The molecule has 5 heteroatoms. The normalized spacial score (nSPS) is 36.2. The van der Waals surface area contributed by atoms with Crippen LogP contribution in [0.15, 0.2) is 0 Å². The Balaban J connectivity index is 1.66. The highest BCUT2D eigenvalue weighted by atomic mass is 32.2. The fraction of sp³-hybridized carbons (Fsp3) is 1.00. The molecular weight excluding hydrogens is 224 g/mol. The van der Waals surface area contributed by atoms with E-state index in [1.807, 2.05) is 0 Å². The molecule has 92 valence electrons. The molecule has 0 spiro atoms. The van der Waals surface area contributed by atoms with E-state index in [1.54, 1.807) is 4.31 Å². The summed E-state index contributed by atoms with van der Waals surface area (Å²) >= 11 is 0. The average Bonchev–Trinajstić information content (AvgIpc) is 2.93. The van der Waals surface area contributed by atoms with Crippen molar-refractivity contribution in [1.82, 2.24) is 9.62 Å². The second-order valence-corrected chi connectivity index (χ2v) is 7.49. The summed E-state index contributed by atoms with van der Waals surface area (Å²) in [6.07, 6.45) is 4.36. The van der Waals surface area contributed by atoms with Crippen LogP contribution >= 0.6 is 0 Å². The lowest BCUT2D eigenvalue weighted by Crippen LogP contribution is -2.47. The van der Waals surface area contributed by atoms with E-state index in [2.05, 4.69) is 5.32 Å². The maximum Gasteiger partial charge on any atom is 0.214 e. The summed E-state index contributed by atoms with van der Waals surface area (Å²) in [4.78, 5) is 0. The summed E-state index contributed by atoms with van der Waals surface area (Å²) in [7, 11) is -2.95. The number of nitrogens with zero attached hydrogens (tertiary/aromatic N) is 1. The van der Waals surface area contributed by atoms with Crippen LogP contribution in [0.4, 0.5) is 0 Å². The molecule has 0 amide bonds. The molecule has 0 radical (unpaired) electrons. The number of piperidine rings is 1. The number of hydrogen-bond acceptors (Lipinski definition) is 3. The Morgan fingerprint density at radius 1 is 1.19 bits per heavy atom. The fourth-order valence-electron chi connectivity index (χ4n) is 2.95. The largest absolute Gasteiger partial charge is 0.314 e. The highest BCUT2D eigenvalue weighted by molar-refractivity contribution is 7.89. The lowest BCUT2D eigenvalue weighted by atomic mass is 9.95. The molecule has 1 aliphatic carbocycles. The molecule has 2 saturated heterocycles. The van der Waals surface area contributed by atoms with Gasteiger partial charge in [0.05, 0.1) is 5.75 Å². The maximum absolute atomic E-state index is 12.1. The predicted octanol–water partition coefficient (Wildman–Crippen LogP) is 0.410. The van der Waals surface area contributed by atoms with Crippen LogP contribution in [0.25, 0.3) is 0 Å². The van der Waals surface area contributed by atoms with Gasteiger partial charge in [-0.1, -0.05) is 0 Å². The van der Waals surface area contributed by atoms with E-state index in [-0.39, 0.29) is 0 Å². The molecule has 2 atom stereocenters. The number of hydrogen-bond donors (Lipinski definition) is 1. The molecule has 0 aromatic rings. The van der Waals surface area contributed by atoms with Crippen molar-refractivity contribution in [2.75, 3.05) is 25.4 Å². The minimum atomic E-state index is -2.95. The zero-order valence-corrected chi connectivity index (χ0v) is 10.4. The predicted molar refractivity (Wildman–Crippen MR) is 62.6 cm³/mol. The molecule has 2 aliphatic heterocycles. The SMILES string of the molecule is O=S(=O)(CC1CC1)N1CCC2NCCC2C1. The quantitative estimate of drug-likeness (QED) is 0.782. The first-order chi connectivity index (χ1) is 7.65. The van der Waals surface area contributed by atoms with Gasteiger partial charge in [0.1, 0.15) is 0 Å². The molecule has 3 rings (SSSR count). The van der Waals surface area contributed by atoms with E-state index < -0.39 is 10.0 Å². The fourth-order valence-corrected chi connectivity index (χ4v) is 4.90. The molecule has 2 unspecified atom stereocenters. The van der Waals surface area contributed by atoms with E-state index in [0.717, 1.165) is 45.3 Å². The summed E-state index contributed by atoms with van der Waals surface area (Å²) in [6, 6.07) is 0.576. The standard InChI is InChI=1S/C11H20N2O2S/c14-16(15,8-9-1-2-9)13-6-4-11-10(7-13)3-5-12-11/h9-12H,1-8H2. The van der Waals surface area contributed by atoms with Gasteiger partial charge in [-0.3, -0.25) is 0 Å². The van der Waals surface area contributed by atoms with Crippen molar-refractivity contribution < 1.29 is 8.42 Å². The van der Waals surface area contributed by atoms with Crippen LogP contribution in [-0.2, 0) is 10.0 Å². The third-order valence-corrected chi connectivity index (χ3v) is 6.17. The van der Waals surface area contributed by atoms with Crippen LogP contribution in [-0.4, -0.2) is 44.2 Å². The molecule has 16 heavy (non-hydrogen) atoms. The second kappa shape index (κ2) is 3.96. The molecule has 1 saturated carbocycles. The van der Waals surface area contributed by atoms with Crippen molar-refractivity contribution in [2.24, 2.45) is 11.8 Å². The number of sulfonamides is 1. The van der Waals surface area contributed by atoms with Gasteiger partial charge in [-0.25, -0.2) is 12.7 Å². The maximum atomic E-state index is 12.1. The monoisotopic (exact) mass is 244 g/mol. The number of fused-ring (bicyclic) bond motifs is 1. The van der Waals surface area contributed by atoms with Crippen LogP contribution in [0.3, 0.4) is 0 Å². The summed E-state index contributed by atoms with van der Waals surface area (Å²) < 4.78 is 26.0. The summed E-state index contributed by atoms with van der Waals surface area (Å²) in [6.45, 7) is 2.54. The van der Waals surface area contributed by atoms with Gasteiger partial charge in [0, 0.05) is 19.1 Å². The first-order valence-corrected chi connectivity index (χ1v) is 7.97. The zero-order chi connectivity index (χ0) is 11.2. The van der Waals surface area contributed by atoms with Gasteiger partial charge in [0.25, 0.3) is 0 Å². The second-order valence-electron chi connectivity index (χ2n) is 5.48. The van der Waals surface area contributed by atoms with Crippen molar-refractivity contribution in [3.63, 3.8) is 0 Å². The van der Waals surface area contributed by atoms with Gasteiger partial charge < -0.3 is 5.32 Å². The molecule has 0 bridgehead atoms. The van der Waals surface area contributed by atoms with E-state index >= 15 is 0 Å². The van der Waals surface area contributed by atoms with Crippen LogP contribution < -0.4 is 5.32 Å². The van der Waals surface area contributed by atoms with Gasteiger partial charge in [-0.2, -0.15) is 0 Å². The third-order valence-electron chi connectivity index (χ3n) is 4.15. The smallest absolute Gasteiger partial charge is 0.214 e. The Morgan fingerprint density at radius 2 is 2.00 bits per heavy atom. The number of rotatable bonds is 3. The topological polar surface area (TPSA) is 49.4 Å². The summed E-state index contributed by atoms with van der Waals surface area (Å²) in [5, 5.41) is 3.46. The third kappa shape index (κ3) is 2.13. The Morgan fingerprint density at radius 3 is 2.75 bits per heavy atom. The lowest BCUT2D eigenvalue weighted by molar-refractivity contribution is 0.247. The van der Waals surface area contributed by atoms with Crippen LogP contribution in [0, 0.1) is 11.8 Å². The van der Waals surface area contributed by atoms with Crippen molar-refractivity contribution in [1.29, 1.82) is 0 Å². The zero-order valence-electron chi connectivity index (χ0n) is 9.56. The van der Waals surface area contributed by atoms with Crippen molar-refractivity contribution >= 4 is 10.0 Å². The minimum absolute atomic E-state index is 0.401. The van der Waals surface area contributed by atoms with Crippen LogP contribution in [0.2, 0.25) is 0 Å². The van der Waals surface area contributed by atoms with Gasteiger partial charge in [0.15, 0.2) is 0 Å². The minimum Gasteiger partial charge on any atom is -0.314 e.